The van der Waals surface area contributed by atoms with Gasteiger partial charge in [0.15, 0.2) is 0 Å². The highest BCUT2D eigenvalue weighted by atomic mass is 16.4. The lowest BCUT2D eigenvalue weighted by molar-refractivity contribution is 0.664. The van der Waals surface area contributed by atoms with Crippen LogP contribution in [0.1, 0.15) is 0 Å². The molecule has 4 bridgehead atoms. The van der Waals surface area contributed by atoms with Gasteiger partial charge in [-0.1, -0.05) is 0 Å². The summed E-state index contributed by atoms with van der Waals surface area (Å²) in [7, 11) is 0. The molecule has 0 aliphatic rings. The molecule has 2 nitrogen and oxygen atoms in total. The van der Waals surface area contributed by atoms with Crippen molar-refractivity contribution in [1.82, 2.24) is 0 Å². The molecule has 4 aromatic heterocycles. The molecule has 0 fully saturated rings. The molecular formula is C10H4O2. The lowest BCUT2D eigenvalue weighted by Crippen LogP contribution is -1.62. The van der Waals surface area contributed by atoms with E-state index >= 15 is 0 Å². The van der Waals surface area contributed by atoms with E-state index in [1.54, 1.807) is 0 Å². The number of rotatable bonds is 0. The van der Waals surface area contributed by atoms with Gasteiger partial charge in [0, 0.05) is 0 Å². The number of hydrogen-bond donors (Lipinski definition) is 0. The van der Waals surface area contributed by atoms with E-state index in [4.69, 9.17) is 8.83 Å². The fourth-order valence-electron chi connectivity index (χ4n) is 1.95. The average Bonchev–Trinajstić information content (AvgIpc) is 2.83. The fraction of sp³-hybridized carbons (Fsp3) is 0. The smallest absolute Gasteiger partial charge is 0.139 e. The van der Waals surface area contributed by atoms with E-state index in [1.807, 2.05) is 24.3 Å². The summed E-state index contributed by atoms with van der Waals surface area (Å²) < 4.78 is 11.0. The normalized spacial score (nSPS) is 13.0. The lowest BCUT2D eigenvalue weighted by Gasteiger charge is -1.80. The summed E-state index contributed by atoms with van der Waals surface area (Å²) in [5.41, 5.74) is 3.76. The molecule has 0 saturated heterocycles. The lowest BCUT2D eigenvalue weighted by atomic mass is 10.1. The molecule has 2 heteroatoms. The third-order valence-corrected chi connectivity index (χ3v) is 2.45. The number of fused-ring (bicyclic) bond motifs is 9. The molecule has 0 spiro atoms. The van der Waals surface area contributed by atoms with Crippen molar-refractivity contribution in [2.45, 2.75) is 0 Å². The molecule has 12 heavy (non-hydrogen) atoms. The van der Waals surface area contributed by atoms with Crippen LogP contribution in [0.15, 0.2) is 33.1 Å². The second-order valence-corrected chi connectivity index (χ2v) is 3.08. The Hall–Kier alpha value is -1.70. The van der Waals surface area contributed by atoms with Crippen LogP contribution < -0.4 is 0 Å². The molecule has 0 radical (unpaired) electrons. The summed E-state index contributed by atoms with van der Waals surface area (Å²) in [6.45, 7) is 0. The molecular weight excluding hydrogens is 152 g/mol. The van der Waals surface area contributed by atoms with Crippen molar-refractivity contribution in [2.24, 2.45) is 0 Å². The largest absolute Gasteiger partial charge is 0.456 e. The van der Waals surface area contributed by atoms with Gasteiger partial charge >= 0.3 is 0 Å². The molecule has 0 unspecified atom stereocenters. The topological polar surface area (TPSA) is 26.3 Å². The van der Waals surface area contributed by atoms with Crippen molar-refractivity contribution in [2.75, 3.05) is 0 Å². The summed E-state index contributed by atoms with van der Waals surface area (Å²) in [5, 5.41) is 2.29. The minimum atomic E-state index is 0.939. The Morgan fingerprint density at radius 2 is 0.917 bits per heavy atom. The molecule has 0 saturated carbocycles. The molecule has 0 aromatic carbocycles. The molecule has 4 aromatic rings. The molecule has 56 valence electrons. The van der Waals surface area contributed by atoms with Gasteiger partial charge in [0.1, 0.15) is 22.3 Å². The van der Waals surface area contributed by atoms with Gasteiger partial charge in [0.25, 0.3) is 0 Å². The monoisotopic (exact) mass is 156 g/mol. The van der Waals surface area contributed by atoms with Crippen LogP contribution in [0.3, 0.4) is 0 Å². The van der Waals surface area contributed by atoms with Gasteiger partial charge in [-0.2, -0.15) is 0 Å². The summed E-state index contributed by atoms with van der Waals surface area (Å²) >= 11 is 0. The van der Waals surface area contributed by atoms with Crippen molar-refractivity contribution in [3.05, 3.63) is 24.3 Å². The van der Waals surface area contributed by atoms with Gasteiger partial charge in [-0.05, 0) is 24.3 Å². The van der Waals surface area contributed by atoms with Crippen LogP contribution >= 0.6 is 0 Å². The Morgan fingerprint density at radius 3 is 1.25 bits per heavy atom. The van der Waals surface area contributed by atoms with Crippen LogP contribution in [-0.2, 0) is 0 Å². The predicted octanol–water partition coefficient (Wildman–Crippen LogP) is 3.21. The zero-order chi connectivity index (χ0) is 7.71. The maximum absolute atomic E-state index is 5.51. The van der Waals surface area contributed by atoms with E-state index < -0.39 is 0 Å². The summed E-state index contributed by atoms with van der Waals surface area (Å²) in [5.74, 6) is 0. The van der Waals surface area contributed by atoms with Gasteiger partial charge in [-0.3, -0.25) is 0 Å². The van der Waals surface area contributed by atoms with Crippen LogP contribution in [0.5, 0.6) is 0 Å². The van der Waals surface area contributed by atoms with Crippen LogP contribution in [-0.4, -0.2) is 0 Å². The van der Waals surface area contributed by atoms with Crippen LogP contribution in [0, 0.1) is 0 Å². The standard InChI is InChI=1S/C10H4O2/c1-2-6-10-8-4-3-7(12-8)9(10)5(1)11-6/h1-4H. The first-order chi connectivity index (χ1) is 5.93. The second-order valence-electron chi connectivity index (χ2n) is 3.08. The van der Waals surface area contributed by atoms with Crippen molar-refractivity contribution >= 4 is 33.1 Å². The third kappa shape index (κ3) is 0.336. The van der Waals surface area contributed by atoms with E-state index in [-0.39, 0.29) is 0 Å². The maximum atomic E-state index is 5.51. The van der Waals surface area contributed by atoms with E-state index in [1.165, 1.54) is 0 Å². The van der Waals surface area contributed by atoms with Crippen LogP contribution in [0.4, 0.5) is 0 Å². The maximum Gasteiger partial charge on any atom is 0.139 e. The molecule has 0 amide bonds. The minimum Gasteiger partial charge on any atom is -0.456 e. The Balaban J connectivity index is 2.66. The summed E-state index contributed by atoms with van der Waals surface area (Å²) in [6, 6.07) is 7.94. The first-order valence-corrected chi connectivity index (χ1v) is 3.89. The van der Waals surface area contributed by atoms with E-state index in [0.717, 1.165) is 33.1 Å². The first kappa shape index (κ1) is 5.04. The molecule has 0 N–H and O–H groups in total. The Morgan fingerprint density at radius 1 is 0.583 bits per heavy atom. The summed E-state index contributed by atoms with van der Waals surface area (Å²) in [6.07, 6.45) is 0. The predicted molar refractivity (Wildman–Crippen MR) is 45.9 cm³/mol. The van der Waals surface area contributed by atoms with Gasteiger partial charge in [-0.15, -0.1) is 0 Å². The highest BCUT2D eigenvalue weighted by Crippen LogP contribution is 2.40. The number of benzene rings is 2. The first-order valence-electron chi connectivity index (χ1n) is 3.89. The van der Waals surface area contributed by atoms with E-state index in [9.17, 15) is 0 Å². The highest BCUT2D eigenvalue weighted by molar-refractivity contribution is 6.21. The van der Waals surface area contributed by atoms with Crippen molar-refractivity contribution < 1.29 is 8.83 Å². The highest BCUT2D eigenvalue weighted by Gasteiger charge is 2.18. The van der Waals surface area contributed by atoms with Crippen molar-refractivity contribution in [3.63, 3.8) is 0 Å². The Kier molecular flexibility index (Phi) is 0.541. The van der Waals surface area contributed by atoms with Gasteiger partial charge < -0.3 is 8.83 Å². The zero-order valence-corrected chi connectivity index (χ0v) is 6.13. The van der Waals surface area contributed by atoms with Crippen LogP contribution in [0.2, 0.25) is 0 Å². The molecule has 4 heterocycles. The number of furan rings is 4. The molecule has 0 aliphatic heterocycles. The average molecular weight is 156 g/mol. The molecule has 4 rings (SSSR count). The van der Waals surface area contributed by atoms with Crippen molar-refractivity contribution in [1.29, 1.82) is 0 Å². The SMILES string of the molecule is c1cc2oc1c1c3ccc(o3)c21. The van der Waals surface area contributed by atoms with E-state index in [2.05, 4.69) is 0 Å². The number of hydrogen-bond acceptors (Lipinski definition) is 2. The van der Waals surface area contributed by atoms with Crippen molar-refractivity contribution in [3.8, 4) is 0 Å². The Bertz CT molecular complexity index is 547. The Labute approximate surface area is 67.0 Å². The van der Waals surface area contributed by atoms with Gasteiger partial charge in [-0.25, -0.2) is 0 Å². The fourth-order valence-corrected chi connectivity index (χ4v) is 1.95. The van der Waals surface area contributed by atoms with Gasteiger partial charge in [0.2, 0.25) is 0 Å². The quantitative estimate of drug-likeness (QED) is 0.390. The third-order valence-electron chi connectivity index (χ3n) is 2.45. The molecule has 0 atom stereocenters. The van der Waals surface area contributed by atoms with E-state index in [0.29, 0.717) is 0 Å². The second kappa shape index (κ2) is 1.29. The van der Waals surface area contributed by atoms with Crippen LogP contribution in [0.25, 0.3) is 33.1 Å². The van der Waals surface area contributed by atoms with Gasteiger partial charge in [0.05, 0.1) is 10.8 Å². The minimum absolute atomic E-state index is 0.939. The molecule has 0 aliphatic carbocycles. The zero-order valence-electron chi connectivity index (χ0n) is 6.13. The summed E-state index contributed by atoms with van der Waals surface area (Å²) in [4.78, 5) is 0.